The molecule has 2 aromatic rings. The Bertz CT molecular complexity index is 975. The van der Waals surface area contributed by atoms with Gasteiger partial charge in [-0.3, -0.25) is 14.5 Å². The van der Waals surface area contributed by atoms with Crippen LogP contribution in [0.4, 0.5) is 17.6 Å². The molecule has 1 saturated heterocycles. The number of amides is 2. The molecule has 6 nitrogen and oxygen atoms in total. The number of benzene rings is 2. The van der Waals surface area contributed by atoms with Crippen LogP contribution in [0.3, 0.4) is 0 Å². The monoisotopic (exact) mass is 453 g/mol. The fraction of sp³-hybridized carbons (Fsp3) is 0.364. The van der Waals surface area contributed by atoms with Gasteiger partial charge in [-0.05, 0) is 35.4 Å². The van der Waals surface area contributed by atoms with Crippen molar-refractivity contribution in [3.05, 3.63) is 70.5 Å². The number of ether oxygens (including phenoxy) is 1. The SMILES string of the molecule is Fc1cc(CN2CCOCC2)cc(C(F)(F)F)c1.NC(=O)CN1Cc2ccccc2C1=O. The second kappa shape index (κ2) is 10.1. The van der Waals surface area contributed by atoms with Crippen LogP contribution in [-0.4, -0.2) is 54.5 Å². The zero-order chi connectivity index (χ0) is 23.3. The first-order valence-corrected chi connectivity index (χ1v) is 9.96. The van der Waals surface area contributed by atoms with Crippen molar-refractivity contribution in [1.29, 1.82) is 0 Å². The zero-order valence-corrected chi connectivity index (χ0v) is 17.2. The van der Waals surface area contributed by atoms with Crippen LogP contribution in [0.2, 0.25) is 0 Å². The minimum Gasteiger partial charge on any atom is -0.379 e. The van der Waals surface area contributed by atoms with Gasteiger partial charge in [-0.1, -0.05) is 18.2 Å². The molecule has 0 unspecified atom stereocenters. The minimum atomic E-state index is -4.51. The zero-order valence-electron chi connectivity index (χ0n) is 17.2. The first-order chi connectivity index (χ1) is 15.1. The lowest BCUT2D eigenvalue weighted by molar-refractivity contribution is -0.137. The molecule has 2 N–H and O–H groups in total. The van der Waals surface area contributed by atoms with E-state index in [1.807, 2.05) is 23.1 Å². The molecule has 0 aromatic heterocycles. The highest BCUT2D eigenvalue weighted by Gasteiger charge is 2.31. The van der Waals surface area contributed by atoms with Crippen molar-refractivity contribution < 1.29 is 31.9 Å². The lowest BCUT2D eigenvalue weighted by atomic mass is 10.1. The lowest BCUT2D eigenvalue weighted by Crippen LogP contribution is -2.35. The molecule has 2 amide bonds. The number of carbonyl (C=O) groups is 2. The van der Waals surface area contributed by atoms with Crippen LogP contribution in [0.5, 0.6) is 0 Å². The number of nitrogens with two attached hydrogens (primary N) is 1. The number of nitrogens with zero attached hydrogens (tertiary/aromatic N) is 2. The Morgan fingerprint density at radius 1 is 1.09 bits per heavy atom. The summed E-state index contributed by atoms with van der Waals surface area (Å²) in [5, 5.41) is 0. The van der Waals surface area contributed by atoms with E-state index in [9.17, 15) is 27.2 Å². The van der Waals surface area contributed by atoms with E-state index in [2.05, 4.69) is 0 Å². The topological polar surface area (TPSA) is 75.9 Å². The maximum absolute atomic E-state index is 13.2. The Kier molecular flexibility index (Phi) is 7.47. The number of fused-ring (bicyclic) bond motifs is 1. The molecular weight excluding hydrogens is 430 g/mol. The molecule has 0 spiro atoms. The molecule has 32 heavy (non-hydrogen) atoms. The summed E-state index contributed by atoms with van der Waals surface area (Å²) >= 11 is 0. The summed E-state index contributed by atoms with van der Waals surface area (Å²) in [4.78, 5) is 25.7. The minimum absolute atomic E-state index is 0.00644. The normalized spacial score (nSPS) is 16.4. The fourth-order valence-electron chi connectivity index (χ4n) is 3.55. The summed E-state index contributed by atoms with van der Waals surface area (Å²) in [6.07, 6.45) is -4.51. The molecule has 0 atom stereocenters. The van der Waals surface area contributed by atoms with Gasteiger partial charge in [0.25, 0.3) is 5.91 Å². The Morgan fingerprint density at radius 3 is 2.41 bits per heavy atom. The molecule has 4 rings (SSSR count). The second-order valence-corrected chi connectivity index (χ2v) is 7.52. The number of halogens is 4. The molecule has 0 aliphatic carbocycles. The Hall–Kier alpha value is -2.98. The summed E-state index contributed by atoms with van der Waals surface area (Å²) in [5.74, 6) is -1.45. The van der Waals surface area contributed by atoms with Crippen LogP contribution >= 0.6 is 0 Å². The van der Waals surface area contributed by atoms with Gasteiger partial charge in [0.2, 0.25) is 5.91 Å². The average Bonchev–Trinajstić information content (AvgIpc) is 3.03. The van der Waals surface area contributed by atoms with Crippen LogP contribution in [0, 0.1) is 5.82 Å². The molecule has 10 heteroatoms. The first-order valence-electron chi connectivity index (χ1n) is 9.96. The number of primary amides is 1. The Labute approximate surface area is 182 Å². The van der Waals surface area contributed by atoms with Crippen LogP contribution < -0.4 is 5.73 Å². The number of hydrogen-bond donors (Lipinski definition) is 1. The van der Waals surface area contributed by atoms with E-state index < -0.39 is 23.5 Å². The summed E-state index contributed by atoms with van der Waals surface area (Å²) in [6, 6.07) is 9.99. The van der Waals surface area contributed by atoms with Crippen LogP contribution in [0.15, 0.2) is 42.5 Å². The van der Waals surface area contributed by atoms with Gasteiger partial charge in [-0.25, -0.2) is 4.39 Å². The lowest BCUT2D eigenvalue weighted by Gasteiger charge is -2.26. The summed E-state index contributed by atoms with van der Waals surface area (Å²) in [6.45, 7) is 3.20. The largest absolute Gasteiger partial charge is 0.416 e. The molecule has 2 aliphatic heterocycles. The van der Waals surface area contributed by atoms with E-state index in [-0.39, 0.29) is 12.5 Å². The molecular formula is C22H23F4N3O3. The van der Waals surface area contributed by atoms with Gasteiger partial charge in [0.05, 0.1) is 25.3 Å². The maximum Gasteiger partial charge on any atom is 0.416 e. The van der Waals surface area contributed by atoms with E-state index in [1.165, 1.54) is 4.90 Å². The van der Waals surface area contributed by atoms with Crippen molar-refractivity contribution in [2.24, 2.45) is 5.73 Å². The third-order valence-corrected chi connectivity index (χ3v) is 5.04. The summed E-state index contributed by atoms with van der Waals surface area (Å²) in [7, 11) is 0. The first kappa shape index (κ1) is 23.7. The number of alkyl halides is 3. The van der Waals surface area contributed by atoms with Gasteiger partial charge in [0.15, 0.2) is 0 Å². The second-order valence-electron chi connectivity index (χ2n) is 7.52. The third-order valence-electron chi connectivity index (χ3n) is 5.04. The Balaban J connectivity index is 0.000000186. The van der Waals surface area contributed by atoms with Crippen molar-refractivity contribution >= 4 is 11.8 Å². The standard InChI is InChI=1S/C12H13F4NO.C10H10N2O2/c13-11-6-9(5-10(7-11)12(14,15)16)8-17-1-3-18-4-2-17;11-9(13)6-12-5-7-3-1-2-4-8(7)10(12)14/h5-7H,1-4,8H2;1-4H,5-6H2,(H2,11,13). The van der Waals surface area contributed by atoms with E-state index in [4.69, 9.17) is 10.5 Å². The summed E-state index contributed by atoms with van der Waals surface area (Å²) < 4.78 is 55.9. The van der Waals surface area contributed by atoms with Crippen molar-refractivity contribution in [1.82, 2.24) is 9.80 Å². The third kappa shape index (κ3) is 6.27. The predicted molar refractivity (Wildman–Crippen MR) is 108 cm³/mol. The van der Waals surface area contributed by atoms with Crippen LogP contribution in [0.25, 0.3) is 0 Å². The highest BCUT2D eigenvalue weighted by atomic mass is 19.4. The van der Waals surface area contributed by atoms with E-state index >= 15 is 0 Å². The fourth-order valence-corrected chi connectivity index (χ4v) is 3.55. The number of morpholine rings is 1. The molecule has 0 saturated carbocycles. The number of rotatable bonds is 4. The van der Waals surface area contributed by atoms with Crippen molar-refractivity contribution in [2.75, 3.05) is 32.8 Å². The smallest absolute Gasteiger partial charge is 0.379 e. The van der Waals surface area contributed by atoms with E-state index in [0.717, 1.165) is 17.7 Å². The van der Waals surface area contributed by atoms with Crippen LogP contribution in [-0.2, 0) is 28.8 Å². The molecule has 172 valence electrons. The van der Waals surface area contributed by atoms with Gasteiger partial charge in [-0.2, -0.15) is 13.2 Å². The predicted octanol–water partition coefficient (Wildman–Crippen LogP) is 2.80. The van der Waals surface area contributed by atoms with Gasteiger partial charge in [0, 0.05) is 31.7 Å². The molecule has 2 aliphatic rings. The highest BCUT2D eigenvalue weighted by Crippen LogP contribution is 2.30. The molecule has 2 heterocycles. The van der Waals surface area contributed by atoms with Crippen molar-refractivity contribution in [2.45, 2.75) is 19.3 Å². The Morgan fingerprint density at radius 2 is 1.78 bits per heavy atom. The maximum atomic E-state index is 13.2. The highest BCUT2D eigenvalue weighted by molar-refractivity contribution is 6.00. The molecule has 0 radical (unpaired) electrons. The van der Waals surface area contributed by atoms with E-state index in [0.29, 0.717) is 56.6 Å². The van der Waals surface area contributed by atoms with E-state index in [1.54, 1.807) is 6.07 Å². The van der Waals surface area contributed by atoms with Gasteiger partial charge >= 0.3 is 6.18 Å². The average molecular weight is 453 g/mol. The van der Waals surface area contributed by atoms with Crippen molar-refractivity contribution in [3.63, 3.8) is 0 Å². The van der Waals surface area contributed by atoms with Gasteiger partial charge in [0.1, 0.15) is 5.82 Å². The number of carbonyl (C=O) groups excluding carboxylic acids is 2. The molecule has 1 fully saturated rings. The van der Waals surface area contributed by atoms with Crippen molar-refractivity contribution in [3.8, 4) is 0 Å². The summed E-state index contributed by atoms with van der Waals surface area (Å²) in [5.41, 5.74) is 6.07. The van der Waals surface area contributed by atoms with Gasteiger partial charge in [-0.15, -0.1) is 0 Å². The van der Waals surface area contributed by atoms with Crippen LogP contribution in [0.1, 0.15) is 27.0 Å². The quantitative estimate of drug-likeness (QED) is 0.723. The molecule has 0 bridgehead atoms. The number of hydrogen-bond acceptors (Lipinski definition) is 4. The van der Waals surface area contributed by atoms with Gasteiger partial charge < -0.3 is 15.4 Å². The molecule has 2 aromatic carbocycles.